The van der Waals surface area contributed by atoms with Crippen molar-refractivity contribution in [2.24, 2.45) is 5.10 Å². The van der Waals surface area contributed by atoms with Crippen molar-refractivity contribution >= 4 is 50.0 Å². The average molecular weight is 588 g/mol. The fourth-order valence-corrected chi connectivity index (χ4v) is 4.71. The summed E-state index contributed by atoms with van der Waals surface area (Å²) in [4.78, 5) is 25.7. The molecule has 0 aliphatic heterocycles. The van der Waals surface area contributed by atoms with Gasteiger partial charge in [-0.3, -0.25) is 14.8 Å². The summed E-state index contributed by atoms with van der Waals surface area (Å²) < 4.78 is 6.67. The van der Waals surface area contributed by atoms with Crippen molar-refractivity contribution < 1.29 is 9.53 Å². The molecule has 40 heavy (non-hydrogen) atoms. The average Bonchev–Trinajstić information content (AvgIpc) is 3.00. The largest absolute Gasteiger partial charge is 0.484 e. The number of carbonyl (C=O) groups excluding carboxylic acids is 1. The van der Waals surface area contributed by atoms with E-state index in [1.165, 1.54) is 0 Å². The Balaban J connectivity index is 1.12. The molecule has 0 unspecified atom stereocenters. The molecule has 0 bridgehead atoms. The van der Waals surface area contributed by atoms with E-state index in [-0.39, 0.29) is 12.5 Å². The van der Waals surface area contributed by atoms with E-state index >= 15 is 0 Å². The van der Waals surface area contributed by atoms with Gasteiger partial charge in [-0.15, -0.1) is 0 Å². The molecule has 194 valence electrons. The summed E-state index contributed by atoms with van der Waals surface area (Å²) in [5.41, 5.74) is 9.78. The number of benzene rings is 4. The van der Waals surface area contributed by atoms with Gasteiger partial charge in [0.05, 0.1) is 28.5 Å². The first kappa shape index (κ1) is 25.3. The maximum Gasteiger partial charge on any atom is 0.277 e. The zero-order valence-electron chi connectivity index (χ0n) is 21.2. The molecule has 0 saturated carbocycles. The Bertz CT molecular complexity index is 1860. The minimum Gasteiger partial charge on any atom is -0.484 e. The molecule has 0 radical (unpaired) electrons. The van der Waals surface area contributed by atoms with E-state index in [4.69, 9.17) is 9.72 Å². The Morgan fingerprint density at radius 2 is 1.60 bits per heavy atom. The van der Waals surface area contributed by atoms with E-state index in [0.717, 1.165) is 54.4 Å². The van der Waals surface area contributed by atoms with Crippen molar-refractivity contribution in [3.63, 3.8) is 0 Å². The Labute approximate surface area is 238 Å². The molecule has 8 heteroatoms. The van der Waals surface area contributed by atoms with Crippen LogP contribution in [0.4, 0.5) is 0 Å². The van der Waals surface area contributed by atoms with E-state index < -0.39 is 0 Å². The van der Waals surface area contributed by atoms with Crippen LogP contribution < -0.4 is 10.2 Å². The first-order valence-electron chi connectivity index (χ1n) is 12.5. The van der Waals surface area contributed by atoms with Crippen molar-refractivity contribution in [2.75, 3.05) is 6.61 Å². The molecule has 0 fully saturated rings. The molecule has 1 amide bonds. The number of fused-ring (bicyclic) bond motifs is 2. The quantitative estimate of drug-likeness (QED) is 0.164. The maximum absolute atomic E-state index is 12.2. The fraction of sp³-hybridized carbons (Fsp3) is 0.0312. The predicted octanol–water partition coefficient (Wildman–Crippen LogP) is 6.80. The highest BCUT2D eigenvalue weighted by Crippen LogP contribution is 2.34. The smallest absolute Gasteiger partial charge is 0.277 e. The number of nitrogens with zero attached hydrogens (tertiary/aromatic N) is 4. The summed E-state index contributed by atoms with van der Waals surface area (Å²) in [6.45, 7) is -0.166. The molecule has 6 rings (SSSR count). The number of hydrogen-bond acceptors (Lipinski definition) is 6. The third-order valence-electron chi connectivity index (χ3n) is 6.27. The molecule has 7 nitrogen and oxygen atoms in total. The summed E-state index contributed by atoms with van der Waals surface area (Å²) >= 11 is 3.59. The number of ether oxygens (including phenoxy) is 1. The first-order chi connectivity index (χ1) is 19.6. The number of nitrogens with one attached hydrogen (secondary N) is 1. The molecule has 0 spiro atoms. The first-order valence-corrected chi connectivity index (χ1v) is 13.3. The van der Waals surface area contributed by atoms with Crippen molar-refractivity contribution in [1.29, 1.82) is 0 Å². The molecule has 0 aliphatic carbocycles. The van der Waals surface area contributed by atoms with Gasteiger partial charge in [-0.05, 0) is 77.4 Å². The minimum atomic E-state index is -0.365. The SMILES string of the molecule is O=C(COc1ccc(-c2cc(-c3ccccc3)c3cc(Br)ccc3n2)cc1)N/N=C/c1ccc2nccnc2c1. The van der Waals surface area contributed by atoms with Crippen LogP contribution in [0.3, 0.4) is 0 Å². The van der Waals surface area contributed by atoms with Gasteiger partial charge in [-0.25, -0.2) is 10.4 Å². The molecule has 4 aromatic carbocycles. The molecular weight excluding hydrogens is 566 g/mol. The molecule has 0 aliphatic rings. The third-order valence-corrected chi connectivity index (χ3v) is 6.77. The second kappa shape index (κ2) is 11.4. The van der Waals surface area contributed by atoms with Gasteiger partial charge < -0.3 is 4.74 Å². The Morgan fingerprint density at radius 1 is 0.825 bits per heavy atom. The van der Waals surface area contributed by atoms with Crippen molar-refractivity contribution in [3.05, 3.63) is 119 Å². The number of hydrazone groups is 1. The predicted molar refractivity (Wildman–Crippen MR) is 161 cm³/mol. The lowest BCUT2D eigenvalue weighted by Crippen LogP contribution is -2.24. The summed E-state index contributed by atoms with van der Waals surface area (Å²) in [6.07, 6.45) is 4.83. The number of pyridine rings is 1. The van der Waals surface area contributed by atoms with Crippen LogP contribution in [0, 0.1) is 0 Å². The topological polar surface area (TPSA) is 89.4 Å². The number of amides is 1. The summed E-state index contributed by atoms with van der Waals surface area (Å²) in [7, 11) is 0. The summed E-state index contributed by atoms with van der Waals surface area (Å²) in [6, 6.07) is 31.6. The molecule has 2 heterocycles. The van der Waals surface area contributed by atoms with E-state index in [9.17, 15) is 4.79 Å². The lowest BCUT2D eigenvalue weighted by atomic mass is 9.98. The monoisotopic (exact) mass is 587 g/mol. The van der Waals surface area contributed by atoms with Gasteiger partial charge in [0.2, 0.25) is 0 Å². The molecule has 6 aromatic rings. The van der Waals surface area contributed by atoms with Crippen LogP contribution in [0.1, 0.15) is 5.56 Å². The molecule has 1 N–H and O–H groups in total. The van der Waals surface area contributed by atoms with Gasteiger partial charge in [-0.1, -0.05) is 52.3 Å². The van der Waals surface area contributed by atoms with E-state index in [0.29, 0.717) is 5.75 Å². The van der Waals surface area contributed by atoms with Gasteiger partial charge in [0.15, 0.2) is 6.61 Å². The second-order valence-electron chi connectivity index (χ2n) is 8.99. The van der Waals surface area contributed by atoms with E-state index in [1.807, 2.05) is 72.8 Å². The van der Waals surface area contributed by atoms with Crippen molar-refractivity contribution in [1.82, 2.24) is 20.4 Å². The van der Waals surface area contributed by atoms with Crippen LogP contribution in [0.5, 0.6) is 5.75 Å². The van der Waals surface area contributed by atoms with Crippen LogP contribution >= 0.6 is 15.9 Å². The zero-order valence-corrected chi connectivity index (χ0v) is 22.7. The lowest BCUT2D eigenvalue weighted by Gasteiger charge is -2.11. The summed E-state index contributed by atoms with van der Waals surface area (Å²) in [5, 5.41) is 5.09. The highest BCUT2D eigenvalue weighted by Gasteiger charge is 2.11. The third kappa shape index (κ3) is 5.72. The van der Waals surface area contributed by atoms with E-state index in [1.54, 1.807) is 18.6 Å². The highest BCUT2D eigenvalue weighted by molar-refractivity contribution is 9.10. The van der Waals surface area contributed by atoms with Crippen LogP contribution in [-0.4, -0.2) is 33.7 Å². The molecule has 0 saturated heterocycles. The van der Waals surface area contributed by atoms with Crippen LogP contribution in [-0.2, 0) is 4.79 Å². The molecule has 0 atom stereocenters. The van der Waals surface area contributed by atoms with Gasteiger partial charge in [0.1, 0.15) is 5.75 Å². The number of rotatable bonds is 7. The van der Waals surface area contributed by atoms with Gasteiger partial charge in [0.25, 0.3) is 5.91 Å². The van der Waals surface area contributed by atoms with Gasteiger partial charge in [-0.2, -0.15) is 5.10 Å². The van der Waals surface area contributed by atoms with Gasteiger partial charge in [0, 0.05) is 27.8 Å². The number of carbonyl (C=O) groups is 1. The van der Waals surface area contributed by atoms with Crippen LogP contribution in [0.25, 0.3) is 44.3 Å². The maximum atomic E-state index is 12.2. The minimum absolute atomic E-state index is 0.166. The normalized spacial score (nSPS) is 11.2. The Morgan fingerprint density at radius 3 is 2.42 bits per heavy atom. The number of hydrogen-bond donors (Lipinski definition) is 1. The Hall–Kier alpha value is -4.95. The van der Waals surface area contributed by atoms with E-state index in [2.05, 4.69) is 60.7 Å². The van der Waals surface area contributed by atoms with Crippen LogP contribution in [0.15, 0.2) is 119 Å². The zero-order chi connectivity index (χ0) is 27.3. The number of halogens is 1. The Kier molecular flexibility index (Phi) is 7.24. The fourth-order valence-electron chi connectivity index (χ4n) is 4.34. The van der Waals surface area contributed by atoms with Crippen molar-refractivity contribution in [3.8, 4) is 28.1 Å². The summed E-state index contributed by atoms with van der Waals surface area (Å²) in [5.74, 6) is 0.208. The lowest BCUT2D eigenvalue weighted by molar-refractivity contribution is -0.123. The second-order valence-corrected chi connectivity index (χ2v) is 9.91. The number of aromatic nitrogens is 3. The van der Waals surface area contributed by atoms with Gasteiger partial charge >= 0.3 is 0 Å². The van der Waals surface area contributed by atoms with Crippen molar-refractivity contribution in [2.45, 2.75) is 0 Å². The molecular formula is C32H22BrN5O2. The standard InChI is InChI=1S/C32H22BrN5O2/c33-24-9-13-28-27(17-24)26(22-4-2-1-3-5-22)18-30(37-28)23-7-10-25(11-8-23)40-20-32(39)38-36-19-21-6-12-29-31(16-21)35-15-14-34-29/h1-19H,20H2,(H,38,39)/b36-19+. The van der Waals surface area contributed by atoms with Crippen LogP contribution in [0.2, 0.25) is 0 Å². The highest BCUT2D eigenvalue weighted by atomic mass is 79.9. The molecule has 2 aromatic heterocycles.